The predicted molar refractivity (Wildman–Crippen MR) is 57.5 cm³/mol. The first kappa shape index (κ1) is 8.95. The SMILES string of the molecule is CC1(C)CC(S)c2ccccc2O1. The third-order valence-corrected chi connectivity index (χ3v) is 2.81. The molecule has 1 aromatic rings. The molecule has 0 aliphatic carbocycles. The van der Waals surface area contributed by atoms with E-state index in [9.17, 15) is 0 Å². The van der Waals surface area contributed by atoms with Gasteiger partial charge in [-0.2, -0.15) is 12.6 Å². The number of rotatable bonds is 0. The van der Waals surface area contributed by atoms with Crippen molar-refractivity contribution in [2.75, 3.05) is 0 Å². The van der Waals surface area contributed by atoms with Crippen LogP contribution in [-0.4, -0.2) is 5.60 Å². The van der Waals surface area contributed by atoms with Crippen LogP contribution in [0.15, 0.2) is 24.3 Å². The molecule has 0 radical (unpaired) electrons. The average Bonchev–Trinajstić information content (AvgIpc) is 2.02. The highest BCUT2D eigenvalue weighted by Crippen LogP contribution is 2.42. The Morgan fingerprint density at radius 2 is 2.08 bits per heavy atom. The van der Waals surface area contributed by atoms with Crippen molar-refractivity contribution in [1.82, 2.24) is 0 Å². The van der Waals surface area contributed by atoms with Crippen LogP contribution in [0.4, 0.5) is 0 Å². The number of ether oxygens (including phenoxy) is 1. The summed E-state index contributed by atoms with van der Waals surface area (Å²) in [5.41, 5.74) is 1.13. The number of hydrogen-bond donors (Lipinski definition) is 1. The van der Waals surface area contributed by atoms with Crippen LogP contribution >= 0.6 is 12.6 Å². The van der Waals surface area contributed by atoms with Crippen LogP contribution in [-0.2, 0) is 0 Å². The third kappa shape index (κ3) is 1.68. The van der Waals surface area contributed by atoms with Crippen molar-refractivity contribution < 1.29 is 4.74 Å². The van der Waals surface area contributed by atoms with Crippen LogP contribution < -0.4 is 4.74 Å². The minimum Gasteiger partial charge on any atom is -0.487 e. The van der Waals surface area contributed by atoms with E-state index in [2.05, 4.69) is 32.5 Å². The van der Waals surface area contributed by atoms with E-state index in [0.717, 1.165) is 12.2 Å². The van der Waals surface area contributed by atoms with Crippen molar-refractivity contribution in [3.8, 4) is 5.75 Å². The lowest BCUT2D eigenvalue weighted by Gasteiger charge is -2.35. The Kier molecular flexibility index (Phi) is 2.03. The van der Waals surface area contributed by atoms with Crippen molar-refractivity contribution >= 4 is 12.6 Å². The van der Waals surface area contributed by atoms with Gasteiger partial charge in [0.05, 0.1) is 0 Å². The second-order valence-electron chi connectivity index (χ2n) is 4.12. The van der Waals surface area contributed by atoms with E-state index < -0.39 is 0 Å². The summed E-state index contributed by atoms with van der Waals surface area (Å²) >= 11 is 4.57. The maximum atomic E-state index is 5.84. The summed E-state index contributed by atoms with van der Waals surface area (Å²) < 4.78 is 5.84. The van der Waals surface area contributed by atoms with Gasteiger partial charge < -0.3 is 4.74 Å². The third-order valence-electron chi connectivity index (χ3n) is 2.35. The minimum absolute atomic E-state index is 0.0826. The fourth-order valence-electron chi connectivity index (χ4n) is 1.76. The topological polar surface area (TPSA) is 9.23 Å². The van der Waals surface area contributed by atoms with Crippen LogP contribution in [0.5, 0.6) is 5.75 Å². The minimum atomic E-state index is -0.0826. The van der Waals surface area contributed by atoms with Crippen LogP contribution in [0.3, 0.4) is 0 Å². The maximum absolute atomic E-state index is 5.84. The highest BCUT2D eigenvalue weighted by Gasteiger charge is 2.31. The van der Waals surface area contributed by atoms with Gasteiger partial charge in [0.25, 0.3) is 0 Å². The van der Waals surface area contributed by atoms with E-state index in [4.69, 9.17) is 4.74 Å². The molecule has 0 saturated heterocycles. The molecule has 0 fully saturated rings. The Morgan fingerprint density at radius 3 is 2.85 bits per heavy atom. The Hall–Kier alpha value is -0.630. The van der Waals surface area contributed by atoms with Crippen molar-refractivity contribution in [2.45, 2.75) is 31.1 Å². The molecule has 0 aromatic heterocycles. The number of para-hydroxylation sites is 1. The monoisotopic (exact) mass is 194 g/mol. The Bertz CT molecular complexity index is 320. The molecular formula is C11H14OS. The van der Waals surface area contributed by atoms with Crippen molar-refractivity contribution in [3.05, 3.63) is 29.8 Å². The van der Waals surface area contributed by atoms with Gasteiger partial charge in [0, 0.05) is 17.2 Å². The standard InChI is InChI=1S/C11H14OS/c1-11(2)7-10(13)8-5-3-4-6-9(8)12-11/h3-6,10,13H,7H2,1-2H3. The molecule has 1 atom stereocenters. The lowest BCUT2D eigenvalue weighted by Crippen LogP contribution is -2.33. The molecule has 0 spiro atoms. The summed E-state index contributed by atoms with van der Waals surface area (Å²) in [7, 11) is 0. The molecule has 2 heteroatoms. The van der Waals surface area contributed by atoms with Crippen LogP contribution in [0.25, 0.3) is 0 Å². The van der Waals surface area contributed by atoms with Gasteiger partial charge in [0.15, 0.2) is 0 Å². The second kappa shape index (κ2) is 2.95. The molecular weight excluding hydrogens is 180 g/mol. The lowest BCUT2D eigenvalue weighted by atomic mass is 9.94. The van der Waals surface area contributed by atoms with Gasteiger partial charge in [0.1, 0.15) is 11.4 Å². The second-order valence-corrected chi connectivity index (χ2v) is 4.74. The van der Waals surface area contributed by atoms with Crippen molar-refractivity contribution in [3.63, 3.8) is 0 Å². The molecule has 0 amide bonds. The van der Waals surface area contributed by atoms with Crippen molar-refractivity contribution in [2.24, 2.45) is 0 Å². The smallest absolute Gasteiger partial charge is 0.124 e. The van der Waals surface area contributed by atoms with Gasteiger partial charge in [0.2, 0.25) is 0 Å². The average molecular weight is 194 g/mol. The van der Waals surface area contributed by atoms with E-state index in [1.54, 1.807) is 0 Å². The van der Waals surface area contributed by atoms with Gasteiger partial charge in [-0.1, -0.05) is 18.2 Å². The molecule has 1 aromatic carbocycles. The normalized spacial score (nSPS) is 24.7. The first-order valence-electron chi connectivity index (χ1n) is 4.54. The first-order valence-corrected chi connectivity index (χ1v) is 5.06. The fraction of sp³-hybridized carbons (Fsp3) is 0.455. The highest BCUT2D eigenvalue weighted by atomic mass is 32.1. The highest BCUT2D eigenvalue weighted by molar-refractivity contribution is 7.80. The van der Waals surface area contributed by atoms with Gasteiger partial charge >= 0.3 is 0 Å². The molecule has 0 bridgehead atoms. The summed E-state index contributed by atoms with van der Waals surface area (Å²) in [6.45, 7) is 4.21. The quantitative estimate of drug-likeness (QED) is 0.624. The summed E-state index contributed by atoms with van der Waals surface area (Å²) in [6, 6.07) is 8.13. The Balaban J connectivity index is 2.43. The zero-order valence-electron chi connectivity index (χ0n) is 7.95. The van der Waals surface area contributed by atoms with Crippen LogP contribution in [0.2, 0.25) is 0 Å². The molecule has 1 nitrogen and oxygen atoms in total. The molecule has 0 saturated carbocycles. The van der Waals surface area contributed by atoms with E-state index >= 15 is 0 Å². The van der Waals surface area contributed by atoms with Crippen molar-refractivity contribution in [1.29, 1.82) is 0 Å². The van der Waals surface area contributed by atoms with Gasteiger partial charge in [-0.05, 0) is 19.9 Å². The number of benzene rings is 1. The summed E-state index contributed by atoms with van der Waals surface area (Å²) in [6.07, 6.45) is 0.965. The Labute approximate surface area is 84.5 Å². The summed E-state index contributed by atoms with van der Waals surface area (Å²) in [5.74, 6) is 0.985. The zero-order chi connectivity index (χ0) is 9.47. The number of thiol groups is 1. The molecule has 1 aliphatic heterocycles. The molecule has 0 N–H and O–H groups in total. The molecule has 1 aliphatic rings. The van der Waals surface area contributed by atoms with Crippen LogP contribution in [0, 0.1) is 0 Å². The largest absolute Gasteiger partial charge is 0.487 e. The Morgan fingerprint density at radius 1 is 1.38 bits per heavy atom. The van der Waals surface area contributed by atoms with Gasteiger partial charge in [-0.3, -0.25) is 0 Å². The first-order chi connectivity index (χ1) is 6.08. The molecule has 1 unspecified atom stereocenters. The number of fused-ring (bicyclic) bond motifs is 1. The fourth-order valence-corrected chi connectivity index (χ4v) is 2.42. The molecule has 2 rings (SSSR count). The van der Waals surface area contributed by atoms with E-state index in [-0.39, 0.29) is 5.60 Å². The predicted octanol–water partition coefficient (Wildman–Crippen LogP) is 3.22. The van der Waals surface area contributed by atoms with E-state index in [0.29, 0.717) is 5.25 Å². The summed E-state index contributed by atoms with van der Waals surface area (Å²) in [4.78, 5) is 0. The van der Waals surface area contributed by atoms with Gasteiger partial charge in [-0.15, -0.1) is 0 Å². The lowest BCUT2D eigenvalue weighted by molar-refractivity contribution is 0.0837. The van der Waals surface area contributed by atoms with Crippen LogP contribution in [0.1, 0.15) is 31.1 Å². The molecule has 1 heterocycles. The maximum Gasteiger partial charge on any atom is 0.124 e. The molecule has 13 heavy (non-hydrogen) atoms. The van der Waals surface area contributed by atoms with E-state index in [1.807, 2.05) is 18.2 Å². The van der Waals surface area contributed by atoms with Gasteiger partial charge in [-0.25, -0.2) is 0 Å². The zero-order valence-corrected chi connectivity index (χ0v) is 8.84. The number of hydrogen-bond acceptors (Lipinski definition) is 2. The summed E-state index contributed by atoms with van der Waals surface area (Å²) in [5, 5.41) is 0.306. The van der Waals surface area contributed by atoms with E-state index in [1.165, 1.54) is 5.56 Å². The molecule has 70 valence electrons.